The number of ether oxygens (including phenoxy) is 1. The molecule has 1 N–H and O–H groups in total. The van der Waals surface area contributed by atoms with Crippen LogP contribution in [-0.4, -0.2) is 16.9 Å². The maximum atomic E-state index is 12.3. The van der Waals surface area contributed by atoms with Crippen molar-refractivity contribution in [2.24, 2.45) is 0 Å². The highest BCUT2D eigenvalue weighted by Gasteiger charge is 2.15. The maximum Gasteiger partial charge on any atom is 0.338 e. The number of nitrogens with zero attached hydrogens (tertiary/aromatic N) is 1. The lowest BCUT2D eigenvalue weighted by atomic mass is 10.1. The second kappa shape index (κ2) is 9.01. The SMILES string of the molecule is O=C(Cc1nc(COC(=O)c2ccc3c(c2)CCC3)cs1)NCc1ccccc1. The van der Waals surface area contributed by atoms with E-state index in [1.165, 1.54) is 22.5 Å². The summed E-state index contributed by atoms with van der Waals surface area (Å²) >= 11 is 1.40. The molecule has 0 atom stereocenters. The number of aromatic nitrogens is 1. The number of aryl methyl sites for hydroxylation is 2. The summed E-state index contributed by atoms with van der Waals surface area (Å²) in [5.41, 5.74) is 4.88. The normalized spacial score (nSPS) is 12.4. The fourth-order valence-corrected chi connectivity index (χ4v) is 4.19. The van der Waals surface area contributed by atoms with Crippen LogP contribution < -0.4 is 5.32 Å². The zero-order chi connectivity index (χ0) is 20.1. The van der Waals surface area contributed by atoms with Crippen molar-refractivity contribution in [3.8, 4) is 0 Å². The summed E-state index contributed by atoms with van der Waals surface area (Å²) < 4.78 is 5.40. The monoisotopic (exact) mass is 406 g/mol. The van der Waals surface area contributed by atoms with Crippen molar-refractivity contribution in [1.29, 1.82) is 0 Å². The molecular weight excluding hydrogens is 384 g/mol. The molecule has 2 aromatic carbocycles. The van der Waals surface area contributed by atoms with Crippen molar-refractivity contribution in [2.45, 2.75) is 38.8 Å². The van der Waals surface area contributed by atoms with Crippen LogP contribution in [0, 0.1) is 0 Å². The molecule has 0 saturated heterocycles. The fourth-order valence-electron chi connectivity index (χ4n) is 3.41. The van der Waals surface area contributed by atoms with Crippen LogP contribution in [0.2, 0.25) is 0 Å². The molecule has 0 radical (unpaired) electrons. The summed E-state index contributed by atoms with van der Waals surface area (Å²) in [5, 5.41) is 5.43. The highest BCUT2D eigenvalue weighted by molar-refractivity contribution is 7.09. The van der Waals surface area contributed by atoms with Crippen molar-refractivity contribution in [3.05, 3.63) is 86.9 Å². The zero-order valence-electron chi connectivity index (χ0n) is 16.0. The Morgan fingerprint density at radius 3 is 2.76 bits per heavy atom. The van der Waals surface area contributed by atoms with Gasteiger partial charge in [-0.15, -0.1) is 11.3 Å². The number of esters is 1. The summed E-state index contributed by atoms with van der Waals surface area (Å²) in [6.07, 6.45) is 3.48. The highest BCUT2D eigenvalue weighted by atomic mass is 32.1. The van der Waals surface area contributed by atoms with Crippen LogP contribution in [0.4, 0.5) is 0 Å². The molecule has 0 fully saturated rings. The second-order valence-electron chi connectivity index (χ2n) is 7.08. The fraction of sp³-hybridized carbons (Fsp3) is 0.261. The summed E-state index contributed by atoms with van der Waals surface area (Å²) in [6, 6.07) is 15.6. The zero-order valence-corrected chi connectivity index (χ0v) is 16.8. The molecule has 1 aromatic heterocycles. The molecule has 148 valence electrons. The molecular formula is C23H22N2O3S. The number of hydrogen-bond acceptors (Lipinski definition) is 5. The molecule has 0 spiro atoms. The van der Waals surface area contributed by atoms with Crippen molar-refractivity contribution >= 4 is 23.2 Å². The first-order chi connectivity index (χ1) is 14.2. The number of hydrogen-bond donors (Lipinski definition) is 1. The van der Waals surface area contributed by atoms with Gasteiger partial charge in [0.25, 0.3) is 0 Å². The van der Waals surface area contributed by atoms with Gasteiger partial charge < -0.3 is 10.1 Å². The van der Waals surface area contributed by atoms with Crippen LogP contribution in [0.5, 0.6) is 0 Å². The molecule has 3 aromatic rings. The molecule has 6 heteroatoms. The number of carbonyl (C=O) groups excluding carboxylic acids is 2. The Kier molecular flexibility index (Phi) is 6.00. The van der Waals surface area contributed by atoms with Gasteiger partial charge >= 0.3 is 5.97 Å². The van der Waals surface area contributed by atoms with Gasteiger partial charge in [-0.25, -0.2) is 9.78 Å². The molecule has 4 rings (SSSR count). The van der Waals surface area contributed by atoms with E-state index in [2.05, 4.69) is 10.3 Å². The van der Waals surface area contributed by atoms with E-state index in [0.717, 1.165) is 24.8 Å². The molecule has 0 saturated carbocycles. The average Bonchev–Trinajstić information content (AvgIpc) is 3.40. The molecule has 29 heavy (non-hydrogen) atoms. The predicted octanol–water partition coefficient (Wildman–Crippen LogP) is 3.85. The van der Waals surface area contributed by atoms with Gasteiger partial charge in [-0.3, -0.25) is 4.79 Å². The number of rotatable bonds is 7. The van der Waals surface area contributed by atoms with E-state index in [0.29, 0.717) is 22.8 Å². The average molecular weight is 407 g/mol. The first-order valence-electron chi connectivity index (χ1n) is 9.70. The standard InChI is InChI=1S/C23H22N2O3S/c26-21(24-13-16-5-2-1-3-6-16)12-22-25-20(15-29-22)14-28-23(27)19-10-9-17-7-4-8-18(17)11-19/h1-3,5-6,9-11,15H,4,7-8,12-14H2,(H,24,26). The summed E-state index contributed by atoms with van der Waals surface area (Å²) in [5.74, 6) is -0.417. The molecule has 1 aliphatic carbocycles. The van der Waals surface area contributed by atoms with Gasteiger partial charge in [0.15, 0.2) is 0 Å². The van der Waals surface area contributed by atoms with Gasteiger partial charge in [0.1, 0.15) is 11.6 Å². The van der Waals surface area contributed by atoms with Crippen molar-refractivity contribution < 1.29 is 14.3 Å². The lowest BCUT2D eigenvalue weighted by Crippen LogP contribution is -2.24. The molecule has 5 nitrogen and oxygen atoms in total. The van der Waals surface area contributed by atoms with Crippen LogP contribution in [0.1, 0.15) is 44.2 Å². The largest absolute Gasteiger partial charge is 0.456 e. The van der Waals surface area contributed by atoms with Gasteiger partial charge in [-0.05, 0) is 48.1 Å². The molecule has 1 aliphatic rings. The quantitative estimate of drug-likeness (QED) is 0.605. The first-order valence-corrected chi connectivity index (χ1v) is 10.6. The summed E-state index contributed by atoms with van der Waals surface area (Å²) in [6.45, 7) is 0.606. The van der Waals surface area contributed by atoms with E-state index in [1.54, 1.807) is 0 Å². The number of amides is 1. The third-order valence-electron chi connectivity index (χ3n) is 4.93. The third-order valence-corrected chi connectivity index (χ3v) is 5.83. The number of fused-ring (bicyclic) bond motifs is 1. The summed E-state index contributed by atoms with van der Waals surface area (Å²) in [7, 11) is 0. The van der Waals surface area contributed by atoms with Crippen LogP contribution in [-0.2, 0) is 41.9 Å². The number of nitrogens with one attached hydrogen (secondary N) is 1. The van der Waals surface area contributed by atoms with E-state index in [9.17, 15) is 9.59 Å². The lowest BCUT2D eigenvalue weighted by Gasteiger charge is -2.05. The third kappa shape index (κ3) is 5.09. The summed E-state index contributed by atoms with van der Waals surface area (Å²) in [4.78, 5) is 28.8. The molecule has 1 amide bonds. The van der Waals surface area contributed by atoms with E-state index in [1.807, 2.05) is 53.9 Å². The predicted molar refractivity (Wildman–Crippen MR) is 112 cm³/mol. The molecule has 1 heterocycles. The van der Waals surface area contributed by atoms with Gasteiger partial charge in [-0.2, -0.15) is 0 Å². The number of benzene rings is 2. The van der Waals surface area contributed by atoms with E-state index in [4.69, 9.17) is 4.74 Å². The Labute approximate surface area is 173 Å². The van der Waals surface area contributed by atoms with Crippen molar-refractivity contribution in [2.75, 3.05) is 0 Å². The Bertz CT molecular complexity index is 1010. The van der Waals surface area contributed by atoms with E-state index >= 15 is 0 Å². The molecule has 0 bridgehead atoms. The molecule has 0 unspecified atom stereocenters. The maximum absolute atomic E-state index is 12.3. The Balaban J connectivity index is 1.25. The van der Waals surface area contributed by atoms with Gasteiger partial charge in [-0.1, -0.05) is 36.4 Å². The minimum Gasteiger partial charge on any atom is -0.456 e. The van der Waals surface area contributed by atoms with Gasteiger partial charge in [0, 0.05) is 11.9 Å². The minimum absolute atomic E-state index is 0.0788. The van der Waals surface area contributed by atoms with Crippen LogP contribution in [0.3, 0.4) is 0 Å². The highest BCUT2D eigenvalue weighted by Crippen LogP contribution is 2.23. The number of carbonyl (C=O) groups is 2. The number of thiazole rings is 1. The Morgan fingerprint density at radius 2 is 1.90 bits per heavy atom. The second-order valence-corrected chi connectivity index (χ2v) is 8.03. The van der Waals surface area contributed by atoms with Gasteiger partial charge in [0.2, 0.25) is 5.91 Å². The van der Waals surface area contributed by atoms with Crippen LogP contribution >= 0.6 is 11.3 Å². The van der Waals surface area contributed by atoms with Crippen LogP contribution in [0.25, 0.3) is 0 Å². The minimum atomic E-state index is -0.338. The van der Waals surface area contributed by atoms with Gasteiger partial charge in [0.05, 0.1) is 17.7 Å². The van der Waals surface area contributed by atoms with E-state index in [-0.39, 0.29) is 24.9 Å². The van der Waals surface area contributed by atoms with Crippen molar-refractivity contribution in [1.82, 2.24) is 10.3 Å². The van der Waals surface area contributed by atoms with Crippen LogP contribution in [0.15, 0.2) is 53.9 Å². The molecule has 0 aliphatic heterocycles. The lowest BCUT2D eigenvalue weighted by molar-refractivity contribution is -0.120. The first kappa shape index (κ1) is 19.3. The Morgan fingerprint density at radius 1 is 1.07 bits per heavy atom. The Hall–Kier alpha value is -2.99. The van der Waals surface area contributed by atoms with E-state index < -0.39 is 0 Å². The topological polar surface area (TPSA) is 68.3 Å². The van der Waals surface area contributed by atoms with Crippen molar-refractivity contribution in [3.63, 3.8) is 0 Å². The smallest absolute Gasteiger partial charge is 0.338 e.